The highest BCUT2D eigenvalue weighted by Crippen LogP contribution is 2.29. The zero-order valence-corrected chi connectivity index (χ0v) is 14.5. The molecule has 0 saturated carbocycles. The lowest BCUT2D eigenvalue weighted by molar-refractivity contribution is -0.130. The molecule has 1 aliphatic heterocycles. The van der Waals surface area contributed by atoms with E-state index in [0.717, 1.165) is 19.4 Å². The second kappa shape index (κ2) is 8.52. The van der Waals surface area contributed by atoms with Crippen molar-refractivity contribution in [1.29, 1.82) is 0 Å². The molecule has 1 unspecified atom stereocenters. The Morgan fingerprint density at radius 1 is 1.39 bits per heavy atom. The van der Waals surface area contributed by atoms with E-state index in [1.807, 2.05) is 0 Å². The lowest BCUT2D eigenvalue weighted by Crippen LogP contribution is -2.37. The van der Waals surface area contributed by atoms with Crippen LogP contribution >= 0.6 is 23.2 Å². The topological polar surface area (TPSA) is 58.6 Å². The summed E-state index contributed by atoms with van der Waals surface area (Å²) in [5, 5.41) is 3.41. The second-order valence-corrected chi connectivity index (χ2v) is 6.28. The summed E-state index contributed by atoms with van der Waals surface area (Å²) in [6, 6.07) is 5.04. The summed E-state index contributed by atoms with van der Waals surface area (Å²) in [5.41, 5.74) is 0.470. The molecule has 1 heterocycles. The molecule has 1 aliphatic rings. The average molecular weight is 359 g/mol. The van der Waals surface area contributed by atoms with Gasteiger partial charge < -0.3 is 15.0 Å². The van der Waals surface area contributed by atoms with Crippen molar-refractivity contribution >= 4 is 40.7 Å². The van der Waals surface area contributed by atoms with Crippen LogP contribution in [0.4, 0.5) is 5.69 Å². The number of benzene rings is 1. The van der Waals surface area contributed by atoms with Gasteiger partial charge in [0.1, 0.15) is 0 Å². The first-order chi connectivity index (χ1) is 11.0. The van der Waals surface area contributed by atoms with Gasteiger partial charge in [0.15, 0.2) is 0 Å². The molecular weight excluding hydrogens is 339 g/mol. The third kappa shape index (κ3) is 5.37. The van der Waals surface area contributed by atoms with Crippen LogP contribution in [0.2, 0.25) is 10.0 Å². The molecule has 1 aromatic rings. The van der Waals surface area contributed by atoms with Crippen LogP contribution in [0.3, 0.4) is 0 Å². The second-order valence-electron chi connectivity index (χ2n) is 5.50. The highest BCUT2D eigenvalue weighted by molar-refractivity contribution is 6.43. The third-order valence-electron chi connectivity index (χ3n) is 3.73. The normalized spacial score (nSPS) is 17.1. The van der Waals surface area contributed by atoms with Crippen LogP contribution in [-0.4, -0.2) is 42.5 Å². The average Bonchev–Trinajstić information content (AvgIpc) is 3.01. The predicted molar refractivity (Wildman–Crippen MR) is 90.9 cm³/mol. The Morgan fingerprint density at radius 3 is 2.83 bits per heavy atom. The number of carbonyl (C=O) groups excluding carboxylic acids is 2. The van der Waals surface area contributed by atoms with E-state index in [4.69, 9.17) is 27.9 Å². The molecule has 23 heavy (non-hydrogen) atoms. The molecule has 2 rings (SSSR count). The fourth-order valence-electron chi connectivity index (χ4n) is 2.46. The summed E-state index contributed by atoms with van der Waals surface area (Å²) >= 11 is 11.9. The van der Waals surface area contributed by atoms with E-state index in [9.17, 15) is 9.59 Å². The van der Waals surface area contributed by atoms with E-state index in [2.05, 4.69) is 5.32 Å². The number of hydrogen-bond acceptors (Lipinski definition) is 3. The molecule has 1 atom stereocenters. The van der Waals surface area contributed by atoms with Crippen molar-refractivity contribution in [3.05, 3.63) is 28.2 Å². The van der Waals surface area contributed by atoms with Gasteiger partial charge in [0, 0.05) is 33.0 Å². The van der Waals surface area contributed by atoms with Crippen molar-refractivity contribution < 1.29 is 14.3 Å². The summed E-state index contributed by atoms with van der Waals surface area (Å²) in [7, 11) is 0. The minimum Gasteiger partial charge on any atom is -0.376 e. The number of carbonyl (C=O) groups is 2. The first kappa shape index (κ1) is 18.0. The monoisotopic (exact) mass is 358 g/mol. The number of nitrogens with zero attached hydrogens (tertiary/aromatic N) is 1. The summed E-state index contributed by atoms with van der Waals surface area (Å²) in [4.78, 5) is 25.4. The number of nitrogens with one attached hydrogen (secondary N) is 1. The van der Waals surface area contributed by atoms with E-state index in [0.29, 0.717) is 28.8 Å². The Bertz CT molecular complexity index is 574. The summed E-state index contributed by atoms with van der Waals surface area (Å²) in [6.45, 7) is 3.12. The molecule has 1 saturated heterocycles. The van der Waals surface area contributed by atoms with Crippen molar-refractivity contribution in [3.63, 3.8) is 0 Å². The number of halogens is 2. The zero-order chi connectivity index (χ0) is 16.8. The number of ether oxygens (including phenoxy) is 1. The fourth-order valence-corrected chi connectivity index (χ4v) is 2.81. The van der Waals surface area contributed by atoms with Gasteiger partial charge in [0.25, 0.3) is 0 Å². The van der Waals surface area contributed by atoms with Crippen LogP contribution in [0.25, 0.3) is 0 Å². The molecular formula is C16H20Cl2N2O3. The van der Waals surface area contributed by atoms with Crippen LogP contribution in [0, 0.1) is 0 Å². The van der Waals surface area contributed by atoms with Gasteiger partial charge in [0.05, 0.1) is 21.8 Å². The van der Waals surface area contributed by atoms with Gasteiger partial charge in [0.2, 0.25) is 11.8 Å². The van der Waals surface area contributed by atoms with Crippen molar-refractivity contribution in [3.8, 4) is 0 Å². The molecule has 0 spiro atoms. The van der Waals surface area contributed by atoms with Gasteiger partial charge in [-0.2, -0.15) is 0 Å². The summed E-state index contributed by atoms with van der Waals surface area (Å²) in [6.07, 6.45) is 2.23. The predicted octanol–water partition coefficient (Wildman–Crippen LogP) is 3.35. The van der Waals surface area contributed by atoms with Crippen LogP contribution in [0.5, 0.6) is 0 Å². The van der Waals surface area contributed by atoms with Gasteiger partial charge >= 0.3 is 0 Å². The van der Waals surface area contributed by atoms with Crippen molar-refractivity contribution in [2.24, 2.45) is 0 Å². The Morgan fingerprint density at radius 2 is 2.17 bits per heavy atom. The molecule has 0 aliphatic carbocycles. The summed E-state index contributed by atoms with van der Waals surface area (Å²) in [5.74, 6) is -0.276. The molecule has 1 aromatic carbocycles. The van der Waals surface area contributed by atoms with E-state index < -0.39 is 0 Å². The van der Waals surface area contributed by atoms with E-state index in [1.54, 1.807) is 23.1 Å². The first-order valence-electron chi connectivity index (χ1n) is 7.58. The molecule has 0 aromatic heterocycles. The Balaban J connectivity index is 1.85. The van der Waals surface area contributed by atoms with Gasteiger partial charge in [-0.25, -0.2) is 0 Å². The van der Waals surface area contributed by atoms with Crippen LogP contribution < -0.4 is 5.32 Å². The molecule has 0 radical (unpaired) electrons. The first-order valence-corrected chi connectivity index (χ1v) is 8.34. The molecule has 0 bridgehead atoms. The SMILES string of the molecule is CC(=O)N(CCC(=O)Nc1cccc(Cl)c1Cl)CC1CCCO1. The molecule has 126 valence electrons. The van der Waals surface area contributed by atoms with Gasteiger partial charge in [-0.3, -0.25) is 9.59 Å². The van der Waals surface area contributed by atoms with Crippen LogP contribution in [-0.2, 0) is 14.3 Å². The van der Waals surface area contributed by atoms with Crippen molar-refractivity contribution in [2.45, 2.75) is 32.3 Å². The maximum absolute atomic E-state index is 12.1. The highest BCUT2D eigenvalue weighted by atomic mass is 35.5. The molecule has 2 amide bonds. The number of anilines is 1. The minimum atomic E-state index is -0.215. The van der Waals surface area contributed by atoms with Crippen molar-refractivity contribution in [1.82, 2.24) is 4.90 Å². The summed E-state index contributed by atoms with van der Waals surface area (Å²) < 4.78 is 5.54. The van der Waals surface area contributed by atoms with Gasteiger partial charge in [-0.15, -0.1) is 0 Å². The zero-order valence-electron chi connectivity index (χ0n) is 13.0. The van der Waals surface area contributed by atoms with E-state index in [-0.39, 0.29) is 24.3 Å². The molecule has 7 heteroatoms. The quantitative estimate of drug-likeness (QED) is 0.848. The lowest BCUT2D eigenvalue weighted by Gasteiger charge is -2.24. The minimum absolute atomic E-state index is 0.0610. The Hall–Kier alpha value is -1.30. The van der Waals surface area contributed by atoms with E-state index >= 15 is 0 Å². The maximum Gasteiger partial charge on any atom is 0.226 e. The number of amides is 2. The Kier molecular flexibility index (Phi) is 6.69. The third-order valence-corrected chi connectivity index (χ3v) is 4.55. The Labute approximate surface area is 145 Å². The number of rotatable bonds is 6. The van der Waals surface area contributed by atoms with Crippen LogP contribution in [0.1, 0.15) is 26.2 Å². The fraction of sp³-hybridized carbons (Fsp3) is 0.500. The smallest absolute Gasteiger partial charge is 0.226 e. The maximum atomic E-state index is 12.1. The highest BCUT2D eigenvalue weighted by Gasteiger charge is 2.21. The molecule has 1 fully saturated rings. The standard InChI is InChI=1S/C16H20Cl2N2O3/c1-11(21)20(10-12-4-3-9-23-12)8-7-15(22)19-14-6-2-5-13(17)16(14)18/h2,5-6,12H,3-4,7-10H2,1H3,(H,19,22). The van der Waals surface area contributed by atoms with Crippen LogP contribution in [0.15, 0.2) is 18.2 Å². The van der Waals surface area contributed by atoms with Crippen molar-refractivity contribution in [2.75, 3.05) is 25.0 Å². The molecule has 5 nitrogen and oxygen atoms in total. The lowest BCUT2D eigenvalue weighted by atomic mass is 10.2. The van der Waals surface area contributed by atoms with E-state index in [1.165, 1.54) is 6.92 Å². The molecule has 1 N–H and O–H groups in total. The number of hydrogen-bond donors (Lipinski definition) is 1. The van der Waals surface area contributed by atoms with Gasteiger partial charge in [-0.1, -0.05) is 29.3 Å². The van der Waals surface area contributed by atoms with Gasteiger partial charge in [-0.05, 0) is 25.0 Å². The largest absolute Gasteiger partial charge is 0.376 e.